The molecule has 4 rings (SSSR count). The zero-order valence-corrected chi connectivity index (χ0v) is 20.7. The molecule has 0 saturated carbocycles. The topological polar surface area (TPSA) is 60.9 Å². The molecule has 3 aromatic carbocycles. The number of carbonyl (C=O) groups is 1. The minimum Gasteiger partial charge on any atom is -0.339 e. The van der Waals surface area contributed by atoms with Crippen molar-refractivity contribution in [2.45, 2.75) is 18.4 Å². The Morgan fingerprint density at radius 3 is 2.12 bits per heavy atom. The van der Waals surface area contributed by atoms with Gasteiger partial charge in [-0.3, -0.25) is 14.0 Å². The maximum Gasteiger partial charge on any atom is 0.264 e. The summed E-state index contributed by atoms with van der Waals surface area (Å²) in [6, 6.07) is 23.4. The molecule has 1 aliphatic rings. The highest BCUT2D eigenvalue weighted by Crippen LogP contribution is 2.25. The zero-order chi connectivity index (χ0) is 24.1. The van der Waals surface area contributed by atoms with Crippen molar-refractivity contribution in [1.29, 1.82) is 0 Å². The van der Waals surface area contributed by atoms with Crippen molar-refractivity contribution in [2.24, 2.45) is 0 Å². The second kappa shape index (κ2) is 10.6. The fourth-order valence-corrected chi connectivity index (χ4v) is 5.52. The molecular formula is C26H28ClN3O3S. The number of hydrogen-bond acceptors (Lipinski definition) is 4. The first kappa shape index (κ1) is 24.3. The van der Waals surface area contributed by atoms with Gasteiger partial charge in [-0.25, -0.2) is 8.42 Å². The van der Waals surface area contributed by atoms with E-state index in [1.165, 1.54) is 34.1 Å². The van der Waals surface area contributed by atoms with Gasteiger partial charge in [-0.1, -0.05) is 59.6 Å². The minimum absolute atomic E-state index is 0.0953. The van der Waals surface area contributed by atoms with Crippen LogP contribution in [0.25, 0.3) is 0 Å². The molecule has 1 heterocycles. The largest absolute Gasteiger partial charge is 0.339 e. The molecule has 1 aliphatic heterocycles. The van der Waals surface area contributed by atoms with Crippen molar-refractivity contribution >= 4 is 33.2 Å². The summed E-state index contributed by atoms with van der Waals surface area (Å²) in [5, 5.41) is 0.449. The van der Waals surface area contributed by atoms with Crippen LogP contribution in [-0.2, 0) is 21.4 Å². The van der Waals surface area contributed by atoms with Crippen LogP contribution >= 0.6 is 11.6 Å². The quantitative estimate of drug-likeness (QED) is 0.491. The van der Waals surface area contributed by atoms with Gasteiger partial charge in [0.2, 0.25) is 5.91 Å². The molecule has 3 aromatic rings. The third-order valence-corrected chi connectivity index (χ3v) is 8.02. The van der Waals surface area contributed by atoms with Crippen molar-refractivity contribution in [3.8, 4) is 0 Å². The number of halogens is 1. The third kappa shape index (κ3) is 5.78. The Kier molecular flexibility index (Phi) is 7.56. The molecule has 0 radical (unpaired) electrons. The normalized spacial score (nSPS) is 14.7. The van der Waals surface area contributed by atoms with Gasteiger partial charge in [-0.05, 0) is 48.9 Å². The lowest BCUT2D eigenvalue weighted by atomic mass is 10.2. The SMILES string of the molecule is Cc1ccc(N(CC(=O)N2CCN(Cc3ccccc3)CC2)S(=O)(=O)c2ccc(Cl)cc2)cc1. The Morgan fingerprint density at radius 2 is 1.50 bits per heavy atom. The summed E-state index contributed by atoms with van der Waals surface area (Å²) in [7, 11) is -3.95. The van der Waals surface area contributed by atoms with Crippen molar-refractivity contribution in [3.63, 3.8) is 0 Å². The molecule has 8 heteroatoms. The highest BCUT2D eigenvalue weighted by Gasteiger charge is 2.30. The van der Waals surface area contributed by atoms with Crippen LogP contribution < -0.4 is 4.31 Å². The summed E-state index contributed by atoms with van der Waals surface area (Å²) in [6.07, 6.45) is 0. The van der Waals surface area contributed by atoms with Gasteiger partial charge < -0.3 is 4.90 Å². The van der Waals surface area contributed by atoms with Gasteiger partial charge in [-0.2, -0.15) is 0 Å². The summed E-state index contributed by atoms with van der Waals surface area (Å²) in [5.74, 6) is -0.211. The maximum absolute atomic E-state index is 13.5. The van der Waals surface area contributed by atoms with Crippen LogP contribution in [0.15, 0.2) is 83.8 Å². The number of hydrogen-bond donors (Lipinski definition) is 0. The smallest absolute Gasteiger partial charge is 0.264 e. The monoisotopic (exact) mass is 497 g/mol. The number of rotatable bonds is 7. The van der Waals surface area contributed by atoms with E-state index in [1.54, 1.807) is 17.0 Å². The Morgan fingerprint density at radius 1 is 0.882 bits per heavy atom. The van der Waals surface area contributed by atoms with Gasteiger partial charge in [0, 0.05) is 37.7 Å². The number of nitrogens with zero attached hydrogens (tertiary/aromatic N) is 3. The Hall–Kier alpha value is -2.87. The van der Waals surface area contributed by atoms with Crippen molar-refractivity contribution in [3.05, 3.63) is 95.0 Å². The average Bonchev–Trinajstić information content (AvgIpc) is 2.84. The highest BCUT2D eigenvalue weighted by atomic mass is 35.5. The lowest BCUT2D eigenvalue weighted by Gasteiger charge is -2.36. The van der Waals surface area contributed by atoms with Crippen molar-refractivity contribution in [1.82, 2.24) is 9.80 Å². The van der Waals surface area contributed by atoms with E-state index in [0.717, 1.165) is 25.2 Å². The lowest BCUT2D eigenvalue weighted by Crippen LogP contribution is -2.51. The van der Waals surface area contributed by atoms with Gasteiger partial charge in [-0.15, -0.1) is 0 Å². The predicted molar refractivity (Wildman–Crippen MR) is 135 cm³/mol. The summed E-state index contributed by atoms with van der Waals surface area (Å²) < 4.78 is 28.2. The second-order valence-corrected chi connectivity index (χ2v) is 10.7. The van der Waals surface area contributed by atoms with Crippen LogP contribution in [0.5, 0.6) is 0 Å². The molecule has 0 unspecified atom stereocenters. The van der Waals surface area contributed by atoms with Gasteiger partial charge in [0.05, 0.1) is 10.6 Å². The van der Waals surface area contributed by atoms with Crippen molar-refractivity contribution < 1.29 is 13.2 Å². The fraction of sp³-hybridized carbons (Fsp3) is 0.269. The maximum atomic E-state index is 13.5. The minimum atomic E-state index is -3.95. The van der Waals surface area contributed by atoms with Crippen LogP contribution in [0, 0.1) is 6.92 Å². The van der Waals surface area contributed by atoms with Crippen molar-refractivity contribution in [2.75, 3.05) is 37.0 Å². The molecule has 0 atom stereocenters. The molecule has 0 bridgehead atoms. The summed E-state index contributed by atoms with van der Waals surface area (Å²) in [6.45, 7) is 5.13. The fourth-order valence-electron chi connectivity index (χ4n) is 3.98. The van der Waals surface area contributed by atoms with E-state index in [9.17, 15) is 13.2 Å². The van der Waals surface area contributed by atoms with E-state index < -0.39 is 10.0 Å². The Balaban J connectivity index is 1.48. The average molecular weight is 498 g/mol. The molecule has 178 valence electrons. The standard InChI is InChI=1S/C26H28ClN3O3S/c1-21-7-11-24(12-8-21)30(34(32,33)25-13-9-23(27)10-14-25)20-26(31)29-17-15-28(16-18-29)19-22-5-3-2-4-6-22/h2-14H,15-20H2,1H3. The predicted octanol–water partition coefficient (Wildman–Crippen LogP) is 4.19. The van der Waals surface area contributed by atoms with Gasteiger partial charge >= 0.3 is 0 Å². The Bertz CT molecular complexity index is 1210. The van der Waals surface area contributed by atoms with Crippen LogP contribution in [0.2, 0.25) is 5.02 Å². The molecule has 0 N–H and O–H groups in total. The van der Waals surface area contributed by atoms with E-state index in [-0.39, 0.29) is 17.3 Å². The number of anilines is 1. The molecule has 1 amide bonds. The van der Waals surface area contributed by atoms with Crippen LogP contribution in [-0.4, -0.2) is 56.8 Å². The molecule has 1 saturated heterocycles. The zero-order valence-electron chi connectivity index (χ0n) is 19.1. The summed E-state index contributed by atoms with van der Waals surface area (Å²) in [4.78, 5) is 17.4. The molecular weight excluding hydrogens is 470 g/mol. The number of carbonyl (C=O) groups excluding carboxylic acids is 1. The number of amides is 1. The lowest BCUT2D eigenvalue weighted by molar-refractivity contribution is -0.131. The molecule has 0 aromatic heterocycles. The number of sulfonamides is 1. The van der Waals surface area contributed by atoms with E-state index in [0.29, 0.717) is 23.8 Å². The van der Waals surface area contributed by atoms with E-state index >= 15 is 0 Å². The van der Waals surface area contributed by atoms with Gasteiger partial charge in [0.1, 0.15) is 6.54 Å². The number of benzene rings is 3. The van der Waals surface area contributed by atoms with Gasteiger partial charge in [0.15, 0.2) is 0 Å². The first-order valence-corrected chi connectivity index (χ1v) is 13.0. The number of aryl methyl sites for hydroxylation is 1. The molecule has 1 fully saturated rings. The molecule has 0 aliphatic carbocycles. The molecule has 0 spiro atoms. The first-order chi connectivity index (χ1) is 16.3. The number of piperazine rings is 1. The van der Waals surface area contributed by atoms with E-state index in [1.807, 2.05) is 37.3 Å². The van der Waals surface area contributed by atoms with Gasteiger partial charge in [0.25, 0.3) is 10.0 Å². The summed E-state index contributed by atoms with van der Waals surface area (Å²) >= 11 is 5.95. The van der Waals surface area contributed by atoms with Crippen LogP contribution in [0.4, 0.5) is 5.69 Å². The summed E-state index contributed by atoms with van der Waals surface area (Å²) in [5.41, 5.74) is 2.70. The third-order valence-electron chi connectivity index (χ3n) is 5.98. The Labute approximate surface area is 206 Å². The second-order valence-electron chi connectivity index (χ2n) is 8.44. The van der Waals surface area contributed by atoms with Crippen LogP contribution in [0.3, 0.4) is 0 Å². The van der Waals surface area contributed by atoms with E-state index in [4.69, 9.17) is 11.6 Å². The molecule has 6 nitrogen and oxygen atoms in total. The first-order valence-electron chi connectivity index (χ1n) is 11.2. The van der Waals surface area contributed by atoms with E-state index in [2.05, 4.69) is 17.0 Å². The van der Waals surface area contributed by atoms with Crippen LogP contribution in [0.1, 0.15) is 11.1 Å². The highest BCUT2D eigenvalue weighted by molar-refractivity contribution is 7.92. The molecule has 34 heavy (non-hydrogen) atoms.